The van der Waals surface area contributed by atoms with Crippen LogP contribution in [0.3, 0.4) is 0 Å². The molecule has 0 spiro atoms. The summed E-state index contributed by atoms with van der Waals surface area (Å²) < 4.78 is 15.2. The van der Waals surface area contributed by atoms with Gasteiger partial charge in [0.1, 0.15) is 17.7 Å². The van der Waals surface area contributed by atoms with Crippen molar-refractivity contribution >= 4 is 40.7 Å². The van der Waals surface area contributed by atoms with E-state index >= 15 is 4.39 Å². The third-order valence-corrected chi connectivity index (χ3v) is 8.43. The molecule has 3 rings (SSSR count). The molecule has 188 valence electrons. The lowest BCUT2D eigenvalue weighted by atomic mass is 9.66. The van der Waals surface area contributed by atoms with E-state index in [1.165, 1.54) is 0 Å². The first-order valence-electron chi connectivity index (χ1n) is 12.3. The lowest BCUT2D eigenvalue weighted by Crippen LogP contribution is -2.61. The maximum atomic E-state index is 15.2. The molecular weight excluding hydrogens is 470 g/mol. The maximum Gasteiger partial charge on any atom is 0.147 e. The third kappa shape index (κ3) is 6.28. The van der Waals surface area contributed by atoms with Crippen molar-refractivity contribution in [1.82, 2.24) is 9.80 Å². The van der Waals surface area contributed by atoms with E-state index in [-0.39, 0.29) is 30.7 Å². The summed E-state index contributed by atoms with van der Waals surface area (Å²) in [5.41, 5.74) is 0. The van der Waals surface area contributed by atoms with Crippen LogP contribution in [0, 0.1) is 29.6 Å². The maximum absolute atomic E-state index is 15.2. The quantitative estimate of drug-likeness (QED) is 0.334. The molecule has 1 heterocycles. The third-order valence-electron chi connectivity index (χ3n) is 8.09. The van der Waals surface area contributed by atoms with Gasteiger partial charge in [-0.25, -0.2) is 4.39 Å². The molecule has 2 saturated carbocycles. The van der Waals surface area contributed by atoms with Gasteiger partial charge in [-0.15, -0.1) is 23.2 Å². The van der Waals surface area contributed by atoms with E-state index in [9.17, 15) is 19.5 Å². The lowest BCUT2D eigenvalue weighted by Gasteiger charge is -2.48. The largest absolute Gasteiger partial charge is 0.549 e. The zero-order chi connectivity index (χ0) is 24.1. The van der Waals surface area contributed by atoms with Gasteiger partial charge < -0.3 is 14.8 Å². The van der Waals surface area contributed by atoms with Crippen LogP contribution in [0.2, 0.25) is 0 Å². The Hall–Kier alpha value is -0.760. The van der Waals surface area contributed by atoms with E-state index in [1.54, 1.807) is 0 Å². The first-order chi connectivity index (χ1) is 15.8. The fraction of sp³-hybridized carbons (Fsp3) is 0.875. The van der Waals surface area contributed by atoms with Crippen LogP contribution < -0.4 is 5.11 Å². The number of carboxylic acids is 1. The summed E-state index contributed by atoms with van der Waals surface area (Å²) in [7, 11) is 0. The molecule has 1 aliphatic heterocycles. The van der Waals surface area contributed by atoms with E-state index < -0.39 is 35.7 Å². The summed E-state index contributed by atoms with van der Waals surface area (Å²) in [6, 6.07) is -0.268. The Labute approximate surface area is 206 Å². The van der Waals surface area contributed by atoms with Gasteiger partial charge in [-0.3, -0.25) is 14.5 Å². The van der Waals surface area contributed by atoms with Crippen molar-refractivity contribution in [2.24, 2.45) is 29.6 Å². The van der Waals surface area contributed by atoms with Gasteiger partial charge in [0.15, 0.2) is 0 Å². The van der Waals surface area contributed by atoms with Crippen molar-refractivity contribution in [2.75, 3.05) is 44.5 Å². The van der Waals surface area contributed by atoms with Crippen molar-refractivity contribution in [2.45, 2.75) is 57.7 Å². The van der Waals surface area contributed by atoms with E-state index in [1.807, 2.05) is 11.8 Å². The second-order valence-electron chi connectivity index (χ2n) is 9.93. The molecule has 1 saturated heterocycles. The minimum atomic E-state index is -1.40. The Balaban J connectivity index is 1.59. The van der Waals surface area contributed by atoms with Gasteiger partial charge in [-0.05, 0) is 51.0 Å². The van der Waals surface area contributed by atoms with E-state index in [2.05, 4.69) is 4.90 Å². The first kappa shape index (κ1) is 26.8. The highest BCUT2D eigenvalue weighted by Crippen LogP contribution is 2.42. The number of rotatable bonds is 10. The molecule has 0 aromatic carbocycles. The molecule has 0 bridgehead atoms. The zero-order valence-electron chi connectivity index (χ0n) is 19.4. The highest BCUT2D eigenvalue weighted by atomic mass is 35.5. The number of hydrogen-bond donors (Lipinski definition) is 0. The van der Waals surface area contributed by atoms with Crippen LogP contribution in [-0.4, -0.2) is 84.0 Å². The second kappa shape index (κ2) is 12.3. The number of nitrogens with zero attached hydrogens (tertiary/aromatic N) is 2. The SMILES string of the molecule is CCN1CC(C(=O)[O-])C(=O)C2CC(F)C(C(=O)C3CCC(CN(CCCl)CCCl)CC3)CC21. The number of Topliss-reactive ketones (excluding diaryl/α,β-unsaturated/α-hetero) is 2. The summed E-state index contributed by atoms with van der Waals surface area (Å²) in [4.78, 5) is 41.6. The normalized spacial score (nSPS) is 35.4. The number of piperidine rings is 1. The molecule has 33 heavy (non-hydrogen) atoms. The van der Waals surface area contributed by atoms with Crippen LogP contribution in [0.25, 0.3) is 0 Å². The Morgan fingerprint density at radius 1 is 1.12 bits per heavy atom. The van der Waals surface area contributed by atoms with Gasteiger partial charge in [0.25, 0.3) is 0 Å². The van der Waals surface area contributed by atoms with E-state index in [0.717, 1.165) is 45.3 Å². The van der Waals surface area contributed by atoms with Gasteiger partial charge >= 0.3 is 0 Å². The summed E-state index contributed by atoms with van der Waals surface area (Å²) in [6.07, 6.45) is 2.21. The molecular formula is C24H36Cl2FN2O4-. The summed E-state index contributed by atoms with van der Waals surface area (Å²) >= 11 is 11.8. The molecule has 5 atom stereocenters. The lowest BCUT2D eigenvalue weighted by molar-refractivity contribution is -0.311. The number of carboxylic acid groups (broad SMARTS) is 1. The number of alkyl halides is 3. The van der Waals surface area contributed by atoms with Crippen molar-refractivity contribution < 1.29 is 23.9 Å². The molecule has 3 aliphatic rings. The molecule has 2 aliphatic carbocycles. The number of carbonyl (C=O) groups is 3. The molecule has 9 heteroatoms. The topological polar surface area (TPSA) is 80.8 Å². The second-order valence-corrected chi connectivity index (χ2v) is 10.7. The fourth-order valence-electron chi connectivity index (χ4n) is 6.24. The monoisotopic (exact) mass is 505 g/mol. The van der Waals surface area contributed by atoms with Crippen molar-refractivity contribution in [3.05, 3.63) is 0 Å². The van der Waals surface area contributed by atoms with Crippen LogP contribution in [0.15, 0.2) is 0 Å². The minimum Gasteiger partial charge on any atom is -0.549 e. The predicted molar refractivity (Wildman–Crippen MR) is 124 cm³/mol. The average Bonchev–Trinajstić information content (AvgIpc) is 2.79. The molecule has 3 fully saturated rings. The van der Waals surface area contributed by atoms with Crippen LogP contribution in [0.1, 0.15) is 45.4 Å². The number of aliphatic carboxylic acids is 1. The van der Waals surface area contributed by atoms with Gasteiger partial charge in [0.05, 0.1) is 17.8 Å². The smallest absolute Gasteiger partial charge is 0.147 e. The van der Waals surface area contributed by atoms with Gasteiger partial charge in [0, 0.05) is 55.8 Å². The Bertz CT molecular complexity index is 698. The number of fused-ring (bicyclic) bond motifs is 1. The number of ketones is 2. The molecule has 0 N–H and O–H groups in total. The average molecular weight is 506 g/mol. The zero-order valence-corrected chi connectivity index (χ0v) is 20.9. The van der Waals surface area contributed by atoms with Gasteiger partial charge in [0.2, 0.25) is 0 Å². The molecule has 0 aromatic heterocycles. The molecule has 0 radical (unpaired) electrons. The van der Waals surface area contributed by atoms with Gasteiger partial charge in [-0.1, -0.05) is 6.92 Å². The first-order valence-corrected chi connectivity index (χ1v) is 13.4. The fourth-order valence-corrected chi connectivity index (χ4v) is 6.72. The van der Waals surface area contributed by atoms with Crippen molar-refractivity contribution in [3.63, 3.8) is 0 Å². The van der Waals surface area contributed by atoms with Gasteiger partial charge in [-0.2, -0.15) is 0 Å². The Morgan fingerprint density at radius 2 is 1.76 bits per heavy atom. The minimum absolute atomic E-state index is 0.0108. The van der Waals surface area contributed by atoms with Crippen LogP contribution >= 0.6 is 23.2 Å². The number of likely N-dealkylation sites (tertiary alicyclic amines) is 1. The Morgan fingerprint density at radius 3 is 2.30 bits per heavy atom. The van der Waals surface area contributed by atoms with Crippen LogP contribution in [0.4, 0.5) is 4.39 Å². The number of carbonyl (C=O) groups excluding carboxylic acids is 3. The van der Waals surface area contributed by atoms with E-state index in [4.69, 9.17) is 23.2 Å². The highest BCUT2D eigenvalue weighted by molar-refractivity contribution is 6.18. The number of hydrogen-bond acceptors (Lipinski definition) is 6. The Kier molecular flexibility index (Phi) is 9.98. The summed E-state index contributed by atoms with van der Waals surface area (Å²) in [5, 5.41) is 11.4. The van der Waals surface area contributed by atoms with Crippen LogP contribution in [0.5, 0.6) is 0 Å². The van der Waals surface area contributed by atoms with Crippen LogP contribution in [-0.2, 0) is 14.4 Å². The molecule has 5 unspecified atom stereocenters. The highest BCUT2D eigenvalue weighted by Gasteiger charge is 2.51. The number of halogens is 3. The van der Waals surface area contributed by atoms with E-state index in [0.29, 0.717) is 30.6 Å². The molecule has 0 aromatic rings. The van der Waals surface area contributed by atoms with Crippen molar-refractivity contribution in [3.8, 4) is 0 Å². The standard InChI is InChI=1S/C24H37Cl2FN2O4/c1-2-29-14-19(24(32)33)23(31)18-11-20(27)17(12-21(18)29)22(30)16-5-3-15(4-6-16)13-28(9-7-25)10-8-26/h15-21H,2-14H2,1H3,(H,32,33)/p-1. The predicted octanol–water partition coefficient (Wildman–Crippen LogP) is 2.15. The summed E-state index contributed by atoms with van der Waals surface area (Å²) in [6.45, 7) is 5.06. The molecule has 0 amide bonds. The molecule has 6 nitrogen and oxygen atoms in total. The van der Waals surface area contributed by atoms with Crippen molar-refractivity contribution in [1.29, 1.82) is 0 Å². The summed E-state index contributed by atoms with van der Waals surface area (Å²) in [5.74, 6) is -2.95.